The van der Waals surface area contributed by atoms with Crippen molar-refractivity contribution in [3.63, 3.8) is 0 Å². The second kappa shape index (κ2) is 3.50. The van der Waals surface area contributed by atoms with E-state index in [-0.39, 0.29) is 0 Å². The van der Waals surface area contributed by atoms with Gasteiger partial charge in [-0.05, 0) is 18.2 Å². The molecule has 2 N–H and O–H groups in total. The van der Waals surface area contributed by atoms with Gasteiger partial charge in [-0.25, -0.2) is 8.42 Å². The van der Waals surface area contributed by atoms with Crippen molar-refractivity contribution < 1.29 is 12.8 Å². The zero-order valence-electron chi connectivity index (χ0n) is 8.04. The summed E-state index contributed by atoms with van der Waals surface area (Å²) in [5.41, 5.74) is 6.66. The molecule has 0 amide bonds. The maximum atomic E-state index is 11.5. The first kappa shape index (κ1) is 10.4. The lowest BCUT2D eigenvalue weighted by molar-refractivity contribution is 0.459. The molecule has 0 radical (unpaired) electrons. The Morgan fingerprint density at radius 1 is 1.50 bits per heavy atom. The van der Waals surface area contributed by atoms with Crippen LogP contribution in [0.25, 0.3) is 11.1 Å². The molecular formula is C9H7N3O3S. The van der Waals surface area contributed by atoms with E-state index >= 15 is 0 Å². The first-order valence-electron chi connectivity index (χ1n) is 4.29. The molecule has 2 aromatic rings. The summed E-state index contributed by atoms with van der Waals surface area (Å²) >= 11 is 0. The van der Waals surface area contributed by atoms with E-state index in [2.05, 4.69) is 4.98 Å². The van der Waals surface area contributed by atoms with Crippen molar-refractivity contribution in [2.45, 2.75) is 5.22 Å². The summed E-state index contributed by atoms with van der Waals surface area (Å²) in [6.45, 7) is 0. The van der Waals surface area contributed by atoms with Gasteiger partial charge in [-0.1, -0.05) is 0 Å². The fraction of sp³-hybridized carbons (Fsp3) is 0.111. The van der Waals surface area contributed by atoms with Gasteiger partial charge in [-0.2, -0.15) is 10.2 Å². The molecule has 0 saturated heterocycles. The standard InChI is InChI=1S/C9H7N3O3S/c10-3-4-16(13,14)9-12-7-5-6(11)1-2-8(7)15-9/h1-2,5H,4,11H2. The fourth-order valence-corrected chi connectivity index (χ4v) is 1.95. The number of nitrogen functional groups attached to an aromatic ring is 1. The molecule has 0 aliphatic heterocycles. The zero-order chi connectivity index (χ0) is 11.8. The average molecular weight is 237 g/mol. The molecule has 1 aromatic carbocycles. The lowest BCUT2D eigenvalue weighted by Crippen LogP contribution is -2.04. The molecule has 0 spiro atoms. The summed E-state index contributed by atoms with van der Waals surface area (Å²) in [6.07, 6.45) is 0. The fourth-order valence-electron chi connectivity index (χ4n) is 1.20. The maximum absolute atomic E-state index is 11.5. The number of sulfone groups is 1. The predicted molar refractivity (Wildman–Crippen MR) is 56.1 cm³/mol. The summed E-state index contributed by atoms with van der Waals surface area (Å²) in [4.78, 5) is 3.78. The van der Waals surface area contributed by atoms with Crippen LogP contribution in [0.5, 0.6) is 0 Å². The number of anilines is 1. The van der Waals surface area contributed by atoms with E-state index in [1.54, 1.807) is 12.1 Å². The topological polar surface area (TPSA) is 110 Å². The lowest BCUT2D eigenvalue weighted by atomic mass is 10.3. The summed E-state index contributed by atoms with van der Waals surface area (Å²) in [6, 6.07) is 6.16. The Labute approximate surface area is 91.2 Å². The van der Waals surface area contributed by atoms with E-state index in [9.17, 15) is 8.42 Å². The number of hydrogen-bond donors (Lipinski definition) is 1. The minimum atomic E-state index is -3.76. The molecule has 0 atom stereocenters. The molecule has 0 bridgehead atoms. The summed E-state index contributed by atoms with van der Waals surface area (Å²) in [7, 11) is -3.76. The Morgan fingerprint density at radius 2 is 2.25 bits per heavy atom. The van der Waals surface area contributed by atoms with E-state index in [0.717, 1.165) is 0 Å². The molecule has 0 fully saturated rings. The first-order valence-corrected chi connectivity index (χ1v) is 5.94. The molecule has 0 saturated carbocycles. The van der Waals surface area contributed by atoms with Gasteiger partial charge in [-0.15, -0.1) is 0 Å². The van der Waals surface area contributed by atoms with Crippen molar-refractivity contribution in [1.29, 1.82) is 5.26 Å². The molecule has 82 valence electrons. The molecule has 16 heavy (non-hydrogen) atoms. The van der Waals surface area contributed by atoms with Crippen LogP contribution in [0, 0.1) is 11.3 Å². The number of nitriles is 1. The van der Waals surface area contributed by atoms with Crippen molar-refractivity contribution in [3.8, 4) is 6.07 Å². The van der Waals surface area contributed by atoms with Gasteiger partial charge in [0.1, 0.15) is 11.3 Å². The highest BCUT2D eigenvalue weighted by atomic mass is 32.2. The lowest BCUT2D eigenvalue weighted by Gasteiger charge is -1.89. The molecule has 1 aromatic heterocycles. The minimum absolute atomic E-state index is 0.325. The number of benzene rings is 1. The normalized spacial score (nSPS) is 11.4. The highest BCUT2D eigenvalue weighted by Gasteiger charge is 2.21. The number of aromatic nitrogens is 1. The predicted octanol–water partition coefficient (Wildman–Crippen LogP) is 0.707. The largest absolute Gasteiger partial charge is 0.428 e. The highest BCUT2D eigenvalue weighted by molar-refractivity contribution is 7.91. The quantitative estimate of drug-likeness (QED) is 0.770. The van der Waals surface area contributed by atoms with E-state index in [1.807, 2.05) is 0 Å². The van der Waals surface area contributed by atoms with Crippen LogP contribution < -0.4 is 5.73 Å². The third kappa shape index (κ3) is 1.70. The highest BCUT2D eigenvalue weighted by Crippen LogP contribution is 2.21. The number of oxazole rings is 1. The molecule has 0 unspecified atom stereocenters. The third-order valence-electron chi connectivity index (χ3n) is 1.91. The van der Waals surface area contributed by atoms with Gasteiger partial charge in [0.15, 0.2) is 5.58 Å². The number of rotatable bonds is 2. The van der Waals surface area contributed by atoms with Crippen LogP contribution in [-0.4, -0.2) is 19.2 Å². The van der Waals surface area contributed by atoms with Crippen LogP contribution in [0.3, 0.4) is 0 Å². The van der Waals surface area contributed by atoms with Gasteiger partial charge < -0.3 is 10.2 Å². The van der Waals surface area contributed by atoms with Crippen LogP contribution >= 0.6 is 0 Å². The van der Waals surface area contributed by atoms with Gasteiger partial charge in [-0.3, -0.25) is 0 Å². The molecule has 2 rings (SSSR count). The molecule has 6 nitrogen and oxygen atoms in total. The summed E-state index contributed by atoms with van der Waals surface area (Å²) in [5, 5.41) is 7.91. The second-order valence-electron chi connectivity index (χ2n) is 3.12. The SMILES string of the molecule is N#CCS(=O)(=O)c1nc2cc(N)ccc2o1. The van der Waals surface area contributed by atoms with Crippen molar-refractivity contribution >= 4 is 26.6 Å². The Morgan fingerprint density at radius 3 is 2.94 bits per heavy atom. The Kier molecular flexibility index (Phi) is 2.29. The van der Waals surface area contributed by atoms with Gasteiger partial charge in [0.2, 0.25) is 9.84 Å². The van der Waals surface area contributed by atoms with Crippen molar-refractivity contribution in [2.75, 3.05) is 11.5 Å². The molecule has 1 heterocycles. The van der Waals surface area contributed by atoms with E-state index in [4.69, 9.17) is 15.4 Å². The summed E-state index contributed by atoms with van der Waals surface area (Å²) < 4.78 is 28.0. The Balaban J connectivity index is 2.61. The van der Waals surface area contributed by atoms with Gasteiger partial charge in [0.05, 0.1) is 6.07 Å². The number of nitrogens with two attached hydrogens (primary N) is 1. The monoisotopic (exact) mass is 237 g/mol. The van der Waals surface area contributed by atoms with Crippen LogP contribution in [0.15, 0.2) is 27.8 Å². The number of hydrogen-bond acceptors (Lipinski definition) is 6. The van der Waals surface area contributed by atoms with Gasteiger partial charge in [0.25, 0.3) is 0 Å². The van der Waals surface area contributed by atoms with E-state index in [1.165, 1.54) is 12.1 Å². The number of nitrogens with zero attached hydrogens (tertiary/aromatic N) is 2. The third-order valence-corrected chi connectivity index (χ3v) is 3.13. The molecule has 7 heteroatoms. The number of fused-ring (bicyclic) bond motifs is 1. The molecular weight excluding hydrogens is 230 g/mol. The Bertz CT molecular complexity index is 682. The molecule has 0 aliphatic rings. The smallest absolute Gasteiger partial charge is 0.317 e. The molecule has 0 aliphatic carbocycles. The van der Waals surface area contributed by atoms with Crippen LogP contribution in [0.2, 0.25) is 0 Å². The van der Waals surface area contributed by atoms with Crippen molar-refractivity contribution in [2.24, 2.45) is 0 Å². The van der Waals surface area contributed by atoms with Crippen LogP contribution in [0.1, 0.15) is 0 Å². The van der Waals surface area contributed by atoms with Crippen LogP contribution in [-0.2, 0) is 9.84 Å². The van der Waals surface area contributed by atoms with Crippen molar-refractivity contribution in [1.82, 2.24) is 4.98 Å². The van der Waals surface area contributed by atoms with Gasteiger partial charge >= 0.3 is 5.22 Å². The van der Waals surface area contributed by atoms with Crippen LogP contribution in [0.4, 0.5) is 5.69 Å². The zero-order valence-corrected chi connectivity index (χ0v) is 8.86. The van der Waals surface area contributed by atoms with Crippen molar-refractivity contribution in [3.05, 3.63) is 18.2 Å². The van der Waals surface area contributed by atoms with E-state index in [0.29, 0.717) is 16.8 Å². The van der Waals surface area contributed by atoms with E-state index < -0.39 is 20.8 Å². The summed E-state index contributed by atoms with van der Waals surface area (Å²) in [5.74, 6) is -0.657. The minimum Gasteiger partial charge on any atom is -0.428 e. The average Bonchev–Trinajstić information content (AvgIpc) is 2.61. The Hall–Kier alpha value is -2.07. The van der Waals surface area contributed by atoms with Gasteiger partial charge in [0, 0.05) is 5.69 Å². The maximum Gasteiger partial charge on any atom is 0.317 e. The second-order valence-corrected chi connectivity index (χ2v) is 4.99. The first-order chi connectivity index (χ1) is 7.53.